The maximum atomic E-state index is 13.0. The number of hydrogen-bond donors (Lipinski definition) is 0. The zero-order valence-electron chi connectivity index (χ0n) is 17.2. The Labute approximate surface area is 162 Å². The summed E-state index contributed by atoms with van der Waals surface area (Å²) in [4.78, 5) is 28.9. The minimum absolute atomic E-state index is 0.0987. The van der Waals surface area contributed by atoms with Crippen LogP contribution >= 0.6 is 0 Å². The van der Waals surface area contributed by atoms with Gasteiger partial charge in [-0.25, -0.2) is 4.79 Å². The van der Waals surface area contributed by atoms with Gasteiger partial charge < -0.3 is 19.3 Å². The van der Waals surface area contributed by atoms with E-state index in [4.69, 9.17) is 9.47 Å². The molecule has 6 nitrogen and oxygen atoms in total. The van der Waals surface area contributed by atoms with E-state index in [1.54, 1.807) is 12.0 Å². The summed E-state index contributed by atoms with van der Waals surface area (Å²) in [5.41, 5.74) is 0.531. The first-order valence-corrected chi connectivity index (χ1v) is 9.63. The Kier molecular flexibility index (Phi) is 7.11. The summed E-state index contributed by atoms with van der Waals surface area (Å²) in [5, 5.41) is 0. The van der Waals surface area contributed by atoms with E-state index in [9.17, 15) is 9.59 Å². The number of hydrogen-bond acceptors (Lipinski definition) is 4. The Hall–Kier alpha value is -2.24. The first-order chi connectivity index (χ1) is 12.7. The molecule has 0 spiro atoms. The average molecular weight is 376 g/mol. The van der Waals surface area contributed by atoms with Gasteiger partial charge in [0.1, 0.15) is 11.4 Å². The van der Waals surface area contributed by atoms with Crippen LogP contribution in [-0.2, 0) is 16.1 Å². The van der Waals surface area contributed by atoms with Crippen LogP contribution in [0.3, 0.4) is 0 Å². The first-order valence-electron chi connectivity index (χ1n) is 9.63. The van der Waals surface area contributed by atoms with Gasteiger partial charge >= 0.3 is 6.09 Å². The van der Waals surface area contributed by atoms with Crippen molar-refractivity contribution in [2.24, 2.45) is 5.92 Å². The van der Waals surface area contributed by atoms with Gasteiger partial charge in [-0.05, 0) is 58.2 Å². The summed E-state index contributed by atoms with van der Waals surface area (Å²) >= 11 is 0. The minimum Gasteiger partial charge on any atom is -0.497 e. The second kappa shape index (κ2) is 9.11. The molecule has 2 amide bonds. The highest BCUT2D eigenvalue weighted by molar-refractivity contribution is 5.80. The molecule has 0 aromatic heterocycles. The molecule has 0 unspecified atom stereocenters. The second-order valence-electron chi connectivity index (χ2n) is 7.97. The lowest BCUT2D eigenvalue weighted by Gasteiger charge is -2.35. The van der Waals surface area contributed by atoms with Gasteiger partial charge in [0.05, 0.1) is 13.0 Å². The number of piperidine rings is 1. The lowest BCUT2D eigenvalue weighted by molar-refractivity contribution is -0.137. The molecular formula is C21H32N2O4. The van der Waals surface area contributed by atoms with E-state index in [0.29, 0.717) is 26.2 Å². The Balaban J connectivity index is 1.99. The van der Waals surface area contributed by atoms with E-state index >= 15 is 0 Å². The molecular weight excluding hydrogens is 344 g/mol. The summed E-state index contributed by atoms with van der Waals surface area (Å²) in [6, 6.07) is 7.75. The highest BCUT2D eigenvalue weighted by atomic mass is 16.6. The zero-order chi connectivity index (χ0) is 20.0. The van der Waals surface area contributed by atoms with Gasteiger partial charge in [-0.15, -0.1) is 0 Å². The standard InChI is InChI=1S/C21H32N2O4/c1-6-22(14-16-9-11-18(26-5)12-10-16)19(24)17-8-7-13-23(15-17)20(25)27-21(2,3)4/h9-12,17H,6-8,13-15H2,1-5H3/t17-/m0/s1. The minimum atomic E-state index is -0.530. The highest BCUT2D eigenvalue weighted by Crippen LogP contribution is 2.22. The van der Waals surface area contributed by atoms with Crippen LogP contribution in [0, 0.1) is 5.92 Å². The summed E-state index contributed by atoms with van der Waals surface area (Å²) in [6.45, 7) is 9.80. The Morgan fingerprint density at radius 1 is 1.22 bits per heavy atom. The zero-order valence-corrected chi connectivity index (χ0v) is 17.2. The second-order valence-corrected chi connectivity index (χ2v) is 7.97. The molecule has 1 fully saturated rings. The fourth-order valence-electron chi connectivity index (χ4n) is 3.23. The third kappa shape index (κ3) is 6.15. The average Bonchev–Trinajstić information content (AvgIpc) is 2.64. The highest BCUT2D eigenvalue weighted by Gasteiger charge is 2.32. The number of nitrogens with zero attached hydrogens (tertiary/aromatic N) is 2. The molecule has 0 aliphatic carbocycles. The van der Waals surface area contributed by atoms with Gasteiger partial charge in [-0.2, -0.15) is 0 Å². The molecule has 0 bridgehead atoms. The van der Waals surface area contributed by atoms with Gasteiger partial charge in [-0.1, -0.05) is 12.1 Å². The Morgan fingerprint density at radius 3 is 2.44 bits per heavy atom. The van der Waals surface area contributed by atoms with Crippen LogP contribution in [0.5, 0.6) is 5.75 Å². The number of ether oxygens (including phenoxy) is 2. The summed E-state index contributed by atoms with van der Waals surface area (Å²) in [6.07, 6.45) is 1.28. The van der Waals surface area contributed by atoms with Crippen molar-refractivity contribution in [1.82, 2.24) is 9.80 Å². The van der Waals surface area contributed by atoms with Crippen molar-refractivity contribution in [3.05, 3.63) is 29.8 Å². The van der Waals surface area contributed by atoms with Crippen LogP contribution < -0.4 is 4.74 Å². The number of benzene rings is 1. The maximum absolute atomic E-state index is 13.0. The van der Waals surface area contributed by atoms with Crippen molar-refractivity contribution in [2.45, 2.75) is 52.7 Å². The van der Waals surface area contributed by atoms with Gasteiger partial charge in [-0.3, -0.25) is 4.79 Å². The molecule has 150 valence electrons. The number of amides is 2. The van der Waals surface area contributed by atoms with Crippen molar-refractivity contribution < 1.29 is 19.1 Å². The van der Waals surface area contributed by atoms with Crippen LogP contribution in [-0.4, -0.2) is 54.1 Å². The molecule has 2 rings (SSSR count). The van der Waals surface area contributed by atoms with E-state index in [1.165, 1.54) is 0 Å². The number of methoxy groups -OCH3 is 1. The van der Waals surface area contributed by atoms with Crippen LogP contribution in [0.15, 0.2) is 24.3 Å². The molecule has 1 aliphatic rings. The summed E-state index contributed by atoms with van der Waals surface area (Å²) < 4.78 is 10.6. The van der Waals surface area contributed by atoms with E-state index < -0.39 is 5.60 Å². The monoisotopic (exact) mass is 376 g/mol. The lowest BCUT2D eigenvalue weighted by Crippen LogP contribution is -2.47. The molecule has 1 aromatic rings. The fourth-order valence-corrected chi connectivity index (χ4v) is 3.23. The van der Waals surface area contributed by atoms with Gasteiger partial charge in [0.15, 0.2) is 0 Å². The van der Waals surface area contributed by atoms with Gasteiger partial charge in [0, 0.05) is 26.2 Å². The van der Waals surface area contributed by atoms with Crippen LogP contribution in [0.25, 0.3) is 0 Å². The van der Waals surface area contributed by atoms with Crippen molar-refractivity contribution in [3.63, 3.8) is 0 Å². The first kappa shape index (κ1) is 21.1. The van der Waals surface area contributed by atoms with Gasteiger partial charge in [0.25, 0.3) is 0 Å². The topological polar surface area (TPSA) is 59.1 Å². The molecule has 1 heterocycles. The molecule has 0 saturated carbocycles. The number of carbonyl (C=O) groups excluding carboxylic acids is 2. The van der Waals surface area contributed by atoms with E-state index in [2.05, 4.69) is 0 Å². The van der Waals surface area contributed by atoms with Crippen LogP contribution in [0.2, 0.25) is 0 Å². The molecule has 1 saturated heterocycles. The molecule has 1 atom stereocenters. The normalized spacial score (nSPS) is 17.4. The molecule has 6 heteroatoms. The van der Waals surface area contributed by atoms with Crippen molar-refractivity contribution in [2.75, 3.05) is 26.7 Å². The Morgan fingerprint density at radius 2 is 1.89 bits per heavy atom. The largest absolute Gasteiger partial charge is 0.497 e. The summed E-state index contributed by atoms with van der Waals surface area (Å²) in [7, 11) is 1.64. The van der Waals surface area contributed by atoms with Crippen molar-refractivity contribution in [1.29, 1.82) is 0 Å². The predicted molar refractivity (Wildman–Crippen MR) is 105 cm³/mol. The Bertz CT molecular complexity index is 637. The molecule has 0 radical (unpaired) electrons. The number of carbonyl (C=O) groups is 2. The lowest BCUT2D eigenvalue weighted by atomic mass is 9.96. The quantitative estimate of drug-likeness (QED) is 0.786. The molecule has 27 heavy (non-hydrogen) atoms. The fraction of sp³-hybridized carbons (Fsp3) is 0.619. The summed E-state index contributed by atoms with van der Waals surface area (Å²) in [5.74, 6) is 0.722. The third-order valence-electron chi connectivity index (χ3n) is 4.65. The van der Waals surface area contributed by atoms with E-state index in [-0.39, 0.29) is 17.9 Å². The predicted octanol–water partition coefficient (Wildman–Crippen LogP) is 3.69. The smallest absolute Gasteiger partial charge is 0.410 e. The third-order valence-corrected chi connectivity index (χ3v) is 4.65. The van der Waals surface area contributed by atoms with E-state index in [0.717, 1.165) is 24.2 Å². The van der Waals surface area contributed by atoms with Crippen LogP contribution in [0.4, 0.5) is 4.79 Å². The van der Waals surface area contributed by atoms with Crippen molar-refractivity contribution >= 4 is 12.0 Å². The van der Waals surface area contributed by atoms with E-state index in [1.807, 2.05) is 56.9 Å². The molecule has 0 N–H and O–H groups in total. The number of likely N-dealkylation sites (tertiary alicyclic amines) is 1. The van der Waals surface area contributed by atoms with Crippen LogP contribution in [0.1, 0.15) is 46.1 Å². The van der Waals surface area contributed by atoms with Gasteiger partial charge in [0.2, 0.25) is 5.91 Å². The SMILES string of the molecule is CCN(Cc1ccc(OC)cc1)C(=O)[C@H]1CCCN(C(=O)OC(C)(C)C)C1. The van der Waals surface area contributed by atoms with Crippen molar-refractivity contribution in [3.8, 4) is 5.75 Å². The maximum Gasteiger partial charge on any atom is 0.410 e. The molecule has 1 aromatic carbocycles. The molecule has 1 aliphatic heterocycles. The number of rotatable bonds is 5.